The fraction of sp³-hybridized carbons (Fsp3) is 0.235. The molecule has 1 heterocycles. The summed E-state index contributed by atoms with van der Waals surface area (Å²) in [5, 5.41) is 3.11. The molecule has 0 spiro atoms. The van der Waals surface area contributed by atoms with Crippen LogP contribution in [0.5, 0.6) is 0 Å². The maximum Gasteiger partial charge on any atom is 0.270 e. The highest BCUT2D eigenvalue weighted by molar-refractivity contribution is 9.10. The van der Waals surface area contributed by atoms with Crippen molar-refractivity contribution >= 4 is 38.9 Å². The van der Waals surface area contributed by atoms with Crippen molar-refractivity contribution in [2.24, 2.45) is 0 Å². The largest absolute Gasteiger partial charge is 0.374 e. The van der Waals surface area contributed by atoms with Crippen molar-refractivity contribution in [1.82, 2.24) is 5.32 Å². The van der Waals surface area contributed by atoms with E-state index < -0.39 is 6.04 Å². The van der Waals surface area contributed by atoms with Gasteiger partial charge in [-0.1, -0.05) is 40.3 Å². The summed E-state index contributed by atoms with van der Waals surface area (Å²) >= 11 is 8.85. The van der Waals surface area contributed by atoms with Crippen LogP contribution < -0.4 is 9.88 Å². The zero-order valence-electron chi connectivity index (χ0n) is 12.5. The number of Topliss-reactive ketones (excluding diaryl/α,β-unsaturated/α-hetero) is 1. The third kappa shape index (κ3) is 3.99. The highest BCUT2D eigenvalue weighted by atomic mass is 79.9. The predicted octanol–water partition coefficient (Wildman–Crippen LogP) is 3.41. The van der Waals surface area contributed by atoms with Gasteiger partial charge in [-0.3, -0.25) is 4.79 Å². The van der Waals surface area contributed by atoms with Gasteiger partial charge in [0.1, 0.15) is 0 Å². The number of halogens is 1. The third-order valence-electron chi connectivity index (χ3n) is 3.23. The van der Waals surface area contributed by atoms with E-state index in [1.54, 1.807) is 0 Å². The molecule has 0 amide bonds. The molecule has 114 valence electrons. The van der Waals surface area contributed by atoms with Crippen LogP contribution in [-0.2, 0) is 0 Å². The highest BCUT2D eigenvalue weighted by Gasteiger charge is 2.33. The molecule has 3 nitrogen and oxygen atoms in total. The number of likely N-dealkylation sites (N-methyl/N-ethyl adjacent to an activating group) is 1. The molecule has 1 unspecified atom stereocenters. The van der Waals surface area contributed by atoms with Crippen molar-refractivity contribution < 1.29 is 9.36 Å². The van der Waals surface area contributed by atoms with E-state index >= 15 is 0 Å². The van der Waals surface area contributed by atoms with Gasteiger partial charge in [-0.25, -0.2) is 0 Å². The normalized spacial score (nSPS) is 11.8. The first-order valence-electron chi connectivity index (χ1n) is 7.08. The van der Waals surface area contributed by atoms with Crippen LogP contribution in [0.15, 0.2) is 53.3 Å². The van der Waals surface area contributed by atoms with E-state index in [1.807, 2.05) is 67.2 Å². The number of aryl methyl sites for hydroxylation is 1. The first kappa shape index (κ1) is 16.8. The molecule has 1 aromatic carbocycles. The molecule has 1 atom stereocenters. The number of thiocarbonyl (C=S) groups is 1. The summed E-state index contributed by atoms with van der Waals surface area (Å²) in [5.41, 5.74) is 1.71. The van der Waals surface area contributed by atoms with Gasteiger partial charge >= 0.3 is 0 Å². The lowest BCUT2D eigenvalue weighted by molar-refractivity contribution is -0.692. The standard InChI is InChI=1S/C17H17BrN2OS/c1-3-19-17(22)15(20-9-5-6-12(2)11-20)16(21)13-7-4-8-14(18)10-13/h4-11,15H,3H2,1-2H3/p+1. The summed E-state index contributed by atoms with van der Waals surface area (Å²) in [5.74, 6) is -0.0251. The Morgan fingerprint density at radius 2 is 2.14 bits per heavy atom. The summed E-state index contributed by atoms with van der Waals surface area (Å²) in [6.07, 6.45) is 3.81. The molecule has 0 fully saturated rings. The molecule has 22 heavy (non-hydrogen) atoms. The molecule has 1 N–H and O–H groups in total. The minimum Gasteiger partial charge on any atom is -0.374 e. The topological polar surface area (TPSA) is 33.0 Å². The lowest BCUT2D eigenvalue weighted by Gasteiger charge is -2.14. The number of carbonyl (C=O) groups excluding carboxylic acids is 1. The Morgan fingerprint density at radius 3 is 2.77 bits per heavy atom. The molecule has 2 rings (SSSR count). The Kier molecular flexibility index (Phi) is 5.80. The van der Waals surface area contributed by atoms with Gasteiger partial charge in [0.25, 0.3) is 6.04 Å². The number of ketones is 1. The van der Waals surface area contributed by atoms with Crippen LogP contribution in [0, 0.1) is 6.92 Å². The summed E-state index contributed by atoms with van der Waals surface area (Å²) in [7, 11) is 0. The predicted molar refractivity (Wildman–Crippen MR) is 95.2 cm³/mol. The number of benzene rings is 1. The second kappa shape index (κ2) is 7.61. The quantitative estimate of drug-likeness (QED) is 0.492. The van der Waals surface area contributed by atoms with Gasteiger partial charge in [-0.2, -0.15) is 4.57 Å². The van der Waals surface area contributed by atoms with E-state index in [4.69, 9.17) is 12.2 Å². The van der Waals surface area contributed by atoms with Crippen LogP contribution in [-0.4, -0.2) is 17.3 Å². The Bertz CT molecular complexity index is 703. The minimum absolute atomic E-state index is 0.0251. The van der Waals surface area contributed by atoms with Crippen molar-refractivity contribution in [3.63, 3.8) is 0 Å². The number of nitrogens with one attached hydrogen (secondary N) is 1. The van der Waals surface area contributed by atoms with Crippen LogP contribution >= 0.6 is 28.1 Å². The van der Waals surface area contributed by atoms with E-state index in [9.17, 15) is 4.79 Å². The Hall–Kier alpha value is -1.59. The number of nitrogens with zero attached hydrogens (tertiary/aromatic N) is 1. The van der Waals surface area contributed by atoms with Gasteiger partial charge in [-0.15, -0.1) is 0 Å². The van der Waals surface area contributed by atoms with Gasteiger partial charge in [0.2, 0.25) is 5.78 Å². The van der Waals surface area contributed by atoms with E-state index in [0.717, 1.165) is 10.0 Å². The molecule has 0 aliphatic rings. The SMILES string of the molecule is CCNC(=S)C(C(=O)c1cccc(Br)c1)[n+]1cccc(C)c1. The number of carbonyl (C=O) groups is 1. The van der Waals surface area contributed by atoms with Crippen LogP contribution in [0.2, 0.25) is 0 Å². The first-order chi connectivity index (χ1) is 10.5. The smallest absolute Gasteiger partial charge is 0.270 e. The van der Waals surface area contributed by atoms with Gasteiger partial charge in [0.05, 0.1) is 0 Å². The molecule has 0 bridgehead atoms. The fourth-order valence-corrected chi connectivity index (χ4v) is 3.01. The van der Waals surface area contributed by atoms with Crippen molar-refractivity contribution in [2.75, 3.05) is 6.54 Å². The van der Waals surface area contributed by atoms with Crippen molar-refractivity contribution in [2.45, 2.75) is 19.9 Å². The second-order valence-corrected chi connectivity index (χ2v) is 6.36. The van der Waals surface area contributed by atoms with Crippen molar-refractivity contribution in [3.8, 4) is 0 Å². The number of rotatable bonds is 5. The van der Waals surface area contributed by atoms with Gasteiger partial charge in [0.15, 0.2) is 17.4 Å². The van der Waals surface area contributed by atoms with Crippen LogP contribution in [0.1, 0.15) is 28.9 Å². The molecule has 1 aromatic heterocycles. The van der Waals surface area contributed by atoms with Crippen molar-refractivity contribution in [1.29, 1.82) is 0 Å². The zero-order chi connectivity index (χ0) is 16.1. The molecular weight excluding hydrogens is 360 g/mol. The Labute approximate surface area is 144 Å². The molecular formula is C17H18BrN2OS+. The van der Waals surface area contributed by atoms with Gasteiger partial charge < -0.3 is 5.32 Å². The summed E-state index contributed by atoms with van der Waals surface area (Å²) in [6, 6.07) is 10.8. The van der Waals surface area contributed by atoms with E-state index in [-0.39, 0.29) is 5.78 Å². The highest BCUT2D eigenvalue weighted by Crippen LogP contribution is 2.16. The maximum absolute atomic E-state index is 13.0. The molecule has 5 heteroatoms. The summed E-state index contributed by atoms with van der Waals surface area (Å²) < 4.78 is 2.74. The summed E-state index contributed by atoms with van der Waals surface area (Å²) in [4.78, 5) is 13.5. The molecule has 0 aliphatic heterocycles. The number of hydrogen-bond donors (Lipinski definition) is 1. The zero-order valence-corrected chi connectivity index (χ0v) is 14.9. The average molecular weight is 378 g/mol. The van der Waals surface area contributed by atoms with Crippen LogP contribution in [0.4, 0.5) is 0 Å². The monoisotopic (exact) mass is 377 g/mol. The first-order valence-corrected chi connectivity index (χ1v) is 8.28. The van der Waals surface area contributed by atoms with E-state index in [1.165, 1.54) is 0 Å². The van der Waals surface area contributed by atoms with Crippen LogP contribution in [0.25, 0.3) is 0 Å². The van der Waals surface area contributed by atoms with E-state index in [2.05, 4.69) is 21.2 Å². The molecule has 0 saturated carbocycles. The molecule has 0 radical (unpaired) electrons. The fourth-order valence-electron chi connectivity index (χ4n) is 2.24. The minimum atomic E-state index is -0.538. The number of pyridine rings is 1. The number of aromatic nitrogens is 1. The van der Waals surface area contributed by atoms with Crippen molar-refractivity contribution in [3.05, 3.63) is 64.4 Å². The average Bonchev–Trinajstić information content (AvgIpc) is 2.48. The molecule has 0 aliphatic carbocycles. The Morgan fingerprint density at radius 1 is 1.36 bits per heavy atom. The van der Waals surface area contributed by atoms with Gasteiger partial charge in [-0.05, 0) is 32.0 Å². The Balaban J connectivity index is 2.44. The van der Waals surface area contributed by atoms with Crippen LogP contribution in [0.3, 0.4) is 0 Å². The number of hydrogen-bond acceptors (Lipinski definition) is 2. The maximum atomic E-state index is 13.0. The molecule has 2 aromatic rings. The second-order valence-electron chi connectivity index (χ2n) is 5.00. The lowest BCUT2D eigenvalue weighted by Crippen LogP contribution is -2.51. The summed E-state index contributed by atoms with van der Waals surface area (Å²) in [6.45, 7) is 4.65. The van der Waals surface area contributed by atoms with Gasteiger partial charge in [0, 0.05) is 28.2 Å². The lowest BCUT2D eigenvalue weighted by atomic mass is 10.0. The molecule has 0 saturated heterocycles. The van der Waals surface area contributed by atoms with E-state index in [0.29, 0.717) is 17.1 Å². The third-order valence-corrected chi connectivity index (χ3v) is 4.09.